The number of Topliss-reactive ketones (excluding diaryl/α,β-unsaturated/α-hetero) is 1. The summed E-state index contributed by atoms with van der Waals surface area (Å²) in [6, 6.07) is 8.52. The third kappa shape index (κ3) is 2.45. The molecule has 1 aliphatic carbocycles. The lowest BCUT2D eigenvalue weighted by Gasteiger charge is -2.38. The summed E-state index contributed by atoms with van der Waals surface area (Å²) in [5.41, 5.74) is 3.90. The van der Waals surface area contributed by atoms with Crippen LogP contribution in [0.2, 0.25) is 0 Å². The van der Waals surface area contributed by atoms with Crippen molar-refractivity contribution in [1.82, 2.24) is 4.90 Å². The number of rotatable bonds is 4. The molecule has 0 radical (unpaired) electrons. The van der Waals surface area contributed by atoms with Crippen molar-refractivity contribution in [2.75, 3.05) is 18.1 Å². The molecule has 2 aromatic rings. The lowest BCUT2D eigenvalue weighted by Crippen LogP contribution is -2.45. The first-order valence-electron chi connectivity index (χ1n) is 9.46. The third-order valence-electron chi connectivity index (χ3n) is 5.95. The van der Waals surface area contributed by atoms with Crippen LogP contribution in [0.25, 0.3) is 0 Å². The van der Waals surface area contributed by atoms with Crippen molar-refractivity contribution in [3.8, 4) is 0 Å². The standard InChI is InChI=1S/C21H22N2O2S/c1-2-13-3-6-17-16(11-13)20(24)21(25)23(17)12-22-9-7-18-15(8-10-26-18)19(22)14-4-5-14/h3,6,8,10-11,14,19H,2,4-5,7,9,12H2,1H3/t19-/m1/s1. The SMILES string of the molecule is CCc1ccc2c(c1)C(=O)C(=O)N2CN1CCc2sccc2[C@H]1C1CC1. The predicted octanol–water partition coefficient (Wildman–Crippen LogP) is 3.81. The van der Waals surface area contributed by atoms with Crippen LogP contribution >= 0.6 is 11.3 Å². The summed E-state index contributed by atoms with van der Waals surface area (Å²) in [5, 5.41) is 2.19. The maximum absolute atomic E-state index is 12.7. The Kier molecular flexibility index (Phi) is 3.76. The van der Waals surface area contributed by atoms with Crippen LogP contribution in [0.1, 0.15) is 52.2 Å². The molecule has 0 spiro atoms. The molecule has 1 fully saturated rings. The van der Waals surface area contributed by atoms with E-state index >= 15 is 0 Å². The number of thiophene rings is 1. The minimum atomic E-state index is -0.376. The number of aryl methyl sites for hydroxylation is 1. The van der Waals surface area contributed by atoms with Crippen molar-refractivity contribution in [3.63, 3.8) is 0 Å². The number of benzene rings is 1. The molecule has 1 aromatic heterocycles. The Morgan fingerprint density at radius 1 is 1.19 bits per heavy atom. The summed E-state index contributed by atoms with van der Waals surface area (Å²) in [5.74, 6) is -0.0376. The van der Waals surface area contributed by atoms with Crippen LogP contribution in [0.4, 0.5) is 5.69 Å². The van der Waals surface area contributed by atoms with E-state index in [0.717, 1.165) is 30.6 Å². The number of nitrogens with zero attached hydrogens (tertiary/aromatic N) is 2. The van der Waals surface area contributed by atoms with Gasteiger partial charge in [-0.25, -0.2) is 0 Å². The topological polar surface area (TPSA) is 40.6 Å². The Bertz CT molecular complexity index is 899. The van der Waals surface area contributed by atoms with Crippen LogP contribution in [-0.2, 0) is 17.6 Å². The first-order chi connectivity index (χ1) is 12.7. The van der Waals surface area contributed by atoms with E-state index in [0.29, 0.717) is 24.2 Å². The number of ketones is 1. The number of carbonyl (C=O) groups excluding carboxylic acids is 2. The summed E-state index contributed by atoms with van der Waals surface area (Å²) in [7, 11) is 0. The van der Waals surface area contributed by atoms with Crippen LogP contribution in [0.3, 0.4) is 0 Å². The summed E-state index contributed by atoms with van der Waals surface area (Å²) >= 11 is 1.85. The molecular weight excluding hydrogens is 344 g/mol. The van der Waals surface area contributed by atoms with Crippen molar-refractivity contribution in [2.45, 2.75) is 38.6 Å². The van der Waals surface area contributed by atoms with Crippen molar-refractivity contribution in [3.05, 3.63) is 51.2 Å². The van der Waals surface area contributed by atoms with Gasteiger partial charge in [-0.1, -0.05) is 13.0 Å². The number of hydrogen-bond acceptors (Lipinski definition) is 4. The fourth-order valence-electron chi connectivity index (χ4n) is 4.41. The van der Waals surface area contributed by atoms with E-state index in [9.17, 15) is 9.59 Å². The van der Waals surface area contributed by atoms with Crippen LogP contribution in [0.15, 0.2) is 29.6 Å². The maximum atomic E-state index is 12.7. The molecule has 5 rings (SSSR count). The zero-order valence-corrected chi connectivity index (χ0v) is 15.7. The minimum absolute atomic E-state index is 0.355. The first-order valence-corrected chi connectivity index (χ1v) is 10.3. The Hall–Kier alpha value is -1.98. The smallest absolute Gasteiger partial charge is 0.291 e. The lowest BCUT2D eigenvalue weighted by atomic mass is 9.96. The van der Waals surface area contributed by atoms with E-state index in [2.05, 4.69) is 23.3 Å². The highest BCUT2D eigenvalue weighted by molar-refractivity contribution is 7.10. The highest BCUT2D eigenvalue weighted by Crippen LogP contribution is 2.48. The Labute approximate surface area is 157 Å². The highest BCUT2D eigenvalue weighted by Gasteiger charge is 2.43. The molecular formula is C21H22N2O2S. The molecule has 2 aliphatic heterocycles. The predicted molar refractivity (Wildman–Crippen MR) is 103 cm³/mol. The quantitative estimate of drug-likeness (QED) is 0.773. The van der Waals surface area contributed by atoms with Crippen molar-refractivity contribution < 1.29 is 9.59 Å². The molecule has 0 saturated heterocycles. The zero-order valence-electron chi connectivity index (χ0n) is 14.9. The molecule has 4 nitrogen and oxygen atoms in total. The van der Waals surface area contributed by atoms with Gasteiger partial charge in [0, 0.05) is 17.5 Å². The van der Waals surface area contributed by atoms with Crippen LogP contribution in [-0.4, -0.2) is 29.8 Å². The van der Waals surface area contributed by atoms with Gasteiger partial charge >= 0.3 is 5.91 Å². The first kappa shape index (κ1) is 16.2. The van der Waals surface area contributed by atoms with Gasteiger partial charge in [-0.15, -0.1) is 11.3 Å². The molecule has 0 N–H and O–H groups in total. The average molecular weight is 366 g/mol. The number of amides is 1. The number of fused-ring (bicyclic) bond motifs is 2. The van der Waals surface area contributed by atoms with E-state index in [1.54, 1.807) is 4.90 Å². The molecule has 1 amide bonds. The molecule has 5 heteroatoms. The van der Waals surface area contributed by atoms with Gasteiger partial charge in [-0.3, -0.25) is 19.4 Å². The van der Waals surface area contributed by atoms with Gasteiger partial charge in [0.15, 0.2) is 0 Å². The molecule has 0 bridgehead atoms. The van der Waals surface area contributed by atoms with Crippen molar-refractivity contribution in [2.24, 2.45) is 5.92 Å². The van der Waals surface area contributed by atoms with Crippen molar-refractivity contribution >= 4 is 28.7 Å². The van der Waals surface area contributed by atoms with E-state index in [1.165, 1.54) is 23.3 Å². The molecule has 1 atom stereocenters. The molecule has 3 aliphatic rings. The Morgan fingerprint density at radius 3 is 2.81 bits per heavy atom. The molecule has 134 valence electrons. The monoisotopic (exact) mass is 366 g/mol. The van der Waals surface area contributed by atoms with Crippen LogP contribution in [0.5, 0.6) is 0 Å². The van der Waals surface area contributed by atoms with Gasteiger partial charge in [-0.05, 0) is 66.3 Å². The summed E-state index contributed by atoms with van der Waals surface area (Å²) in [4.78, 5) is 30.8. The van der Waals surface area contributed by atoms with Gasteiger partial charge in [-0.2, -0.15) is 0 Å². The average Bonchev–Trinajstić information content (AvgIpc) is 3.34. The lowest BCUT2D eigenvalue weighted by molar-refractivity contribution is -0.114. The minimum Gasteiger partial charge on any atom is -0.291 e. The van der Waals surface area contributed by atoms with Crippen LogP contribution in [0, 0.1) is 5.92 Å². The molecule has 0 unspecified atom stereocenters. The Balaban J connectivity index is 1.47. The van der Waals surface area contributed by atoms with Gasteiger partial charge in [0.1, 0.15) is 0 Å². The second-order valence-corrected chi connectivity index (χ2v) is 8.55. The van der Waals surface area contributed by atoms with Gasteiger partial charge in [0.05, 0.1) is 17.9 Å². The van der Waals surface area contributed by atoms with E-state index in [-0.39, 0.29) is 11.7 Å². The second-order valence-electron chi connectivity index (χ2n) is 7.55. The second kappa shape index (κ2) is 6.03. The molecule has 1 saturated carbocycles. The Morgan fingerprint density at radius 2 is 2.04 bits per heavy atom. The molecule has 26 heavy (non-hydrogen) atoms. The van der Waals surface area contributed by atoms with Gasteiger partial charge in [0.2, 0.25) is 0 Å². The maximum Gasteiger partial charge on any atom is 0.300 e. The zero-order chi connectivity index (χ0) is 17.8. The summed E-state index contributed by atoms with van der Waals surface area (Å²) < 4.78 is 0. The van der Waals surface area contributed by atoms with Gasteiger partial charge in [0.25, 0.3) is 5.78 Å². The fraction of sp³-hybridized carbons (Fsp3) is 0.429. The number of hydrogen-bond donors (Lipinski definition) is 0. The van der Waals surface area contributed by atoms with Gasteiger partial charge < -0.3 is 0 Å². The highest BCUT2D eigenvalue weighted by atomic mass is 32.1. The van der Waals surface area contributed by atoms with Crippen molar-refractivity contribution in [1.29, 1.82) is 0 Å². The van der Waals surface area contributed by atoms with E-state index in [1.807, 2.05) is 29.5 Å². The summed E-state index contributed by atoms with van der Waals surface area (Å²) in [6.07, 6.45) is 4.43. The molecule has 1 aromatic carbocycles. The van der Waals surface area contributed by atoms with E-state index in [4.69, 9.17) is 0 Å². The molecule has 3 heterocycles. The summed E-state index contributed by atoms with van der Waals surface area (Å²) in [6.45, 7) is 3.53. The fourth-order valence-corrected chi connectivity index (χ4v) is 5.32. The number of anilines is 1. The largest absolute Gasteiger partial charge is 0.300 e. The number of carbonyl (C=O) groups is 2. The third-order valence-corrected chi connectivity index (χ3v) is 6.95. The normalized spacial score (nSPS) is 22.7. The van der Waals surface area contributed by atoms with E-state index < -0.39 is 0 Å². The van der Waals surface area contributed by atoms with Crippen LogP contribution < -0.4 is 4.90 Å².